The first-order valence-electron chi connectivity index (χ1n) is 11.6. The highest BCUT2D eigenvalue weighted by atomic mass is 16.5. The molecule has 1 saturated carbocycles. The number of methoxy groups -OCH3 is 1. The van der Waals surface area contributed by atoms with Gasteiger partial charge in [-0.05, 0) is 56.7 Å². The number of pyridine rings is 1. The van der Waals surface area contributed by atoms with Gasteiger partial charge < -0.3 is 14.5 Å². The zero-order valence-corrected chi connectivity index (χ0v) is 18.5. The Morgan fingerprint density at radius 1 is 1.17 bits per heavy atom. The summed E-state index contributed by atoms with van der Waals surface area (Å²) in [7, 11) is 1.70. The van der Waals surface area contributed by atoms with Crippen molar-refractivity contribution in [1.82, 2.24) is 9.88 Å². The van der Waals surface area contributed by atoms with Gasteiger partial charge in [-0.25, -0.2) is 4.98 Å². The maximum atomic E-state index is 13.2. The fourth-order valence-electron chi connectivity index (χ4n) is 4.94. The molecule has 1 aromatic heterocycles. The largest absolute Gasteiger partial charge is 0.383 e. The molecule has 162 valence electrons. The number of benzene rings is 1. The van der Waals surface area contributed by atoms with Crippen LogP contribution >= 0.6 is 0 Å². The van der Waals surface area contributed by atoms with Crippen LogP contribution in [0.5, 0.6) is 0 Å². The molecule has 0 spiro atoms. The van der Waals surface area contributed by atoms with Crippen LogP contribution in [0.25, 0.3) is 10.9 Å². The van der Waals surface area contributed by atoms with Gasteiger partial charge in [0.15, 0.2) is 0 Å². The van der Waals surface area contributed by atoms with Crippen LogP contribution in [0, 0.1) is 12.8 Å². The summed E-state index contributed by atoms with van der Waals surface area (Å²) in [5, 5.41) is 1.16. The van der Waals surface area contributed by atoms with Crippen LogP contribution in [0.15, 0.2) is 24.3 Å². The lowest BCUT2D eigenvalue weighted by atomic mass is 10.0. The molecule has 1 aromatic carbocycles. The number of hydrogen-bond acceptors (Lipinski definition) is 4. The lowest BCUT2D eigenvalue weighted by Crippen LogP contribution is -2.35. The Morgan fingerprint density at radius 3 is 2.67 bits per heavy atom. The second-order valence-electron chi connectivity index (χ2n) is 9.02. The molecule has 5 heteroatoms. The molecule has 0 N–H and O–H groups in total. The highest BCUT2D eigenvalue weighted by Crippen LogP contribution is 2.30. The van der Waals surface area contributed by atoms with Crippen LogP contribution in [-0.2, 0) is 16.1 Å². The highest BCUT2D eigenvalue weighted by molar-refractivity contribution is 5.83. The molecule has 0 unspecified atom stereocenters. The Hall–Kier alpha value is -2.14. The second kappa shape index (κ2) is 9.78. The third kappa shape index (κ3) is 4.94. The average Bonchev–Trinajstić information content (AvgIpc) is 3.44. The van der Waals surface area contributed by atoms with E-state index in [0.717, 1.165) is 35.4 Å². The Bertz CT molecular complexity index is 870. The molecule has 2 heterocycles. The van der Waals surface area contributed by atoms with Gasteiger partial charge in [0, 0.05) is 50.7 Å². The predicted molar refractivity (Wildman–Crippen MR) is 122 cm³/mol. The minimum Gasteiger partial charge on any atom is -0.383 e. The molecule has 0 radical (unpaired) electrons. The van der Waals surface area contributed by atoms with Gasteiger partial charge in [-0.2, -0.15) is 0 Å². The van der Waals surface area contributed by atoms with Crippen molar-refractivity contribution in [3.05, 3.63) is 35.4 Å². The zero-order valence-electron chi connectivity index (χ0n) is 18.5. The molecule has 1 aliphatic heterocycles. The molecule has 4 rings (SSSR count). The smallest absolute Gasteiger partial charge is 0.223 e. The zero-order chi connectivity index (χ0) is 20.9. The summed E-state index contributed by atoms with van der Waals surface area (Å²) in [4.78, 5) is 22.6. The van der Waals surface area contributed by atoms with Crippen molar-refractivity contribution in [3.8, 4) is 0 Å². The van der Waals surface area contributed by atoms with E-state index in [-0.39, 0.29) is 5.91 Å². The molecular formula is C25H35N3O2. The monoisotopic (exact) mass is 409 g/mol. The number of amides is 1. The normalized spacial score (nSPS) is 17.2. The fourth-order valence-corrected chi connectivity index (χ4v) is 4.94. The van der Waals surface area contributed by atoms with Crippen molar-refractivity contribution in [1.29, 1.82) is 0 Å². The number of carbonyl (C=O) groups excluding carboxylic acids is 1. The lowest BCUT2D eigenvalue weighted by molar-refractivity contribution is -0.133. The van der Waals surface area contributed by atoms with Gasteiger partial charge in [-0.1, -0.05) is 24.5 Å². The molecule has 5 nitrogen and oxygen atoms in total. The fraction of sp³-hybridized carbons (Fsp3) is 0.600. The average molecular weight is 410 g/mol. The van der Waals surface area contributed by atoms with Crippen LogP contribution in [0.3, 0.4) is 0 Å². The maximum absolute atomic E-state index is 13.2. The van der Waals surface area contributed by atoms with Gasteiger partial charge in [0.2, 0.25) is 5.91 Å². The topological polar surface area (TPSA) is 45.7 Å². The number of fused-ring (bicyclic) bond motifs is 1. The number of ether oxygens (including phenoxy) is 1. The SMILES string of the molecule is COCCN(Cc1cc2cc(C)ccc2nc1N1CCCC1)C(=O)CC1CCCC1. The molecule has 1 amide bonds. The number of hydrogen-bond donors (Lipinski definition) is 0. The second-order valence-corrected chi connectivity index (χ2v) is 9.02. The van der Waals surface area contributed by atoms with Crippen LogP contribution < -0.4 is 4.90 Å². The van der Waals surface area contributed by atoms with E-state index in [9.17, 15) is 4.79 Å². The minimum atomic E-state index is 0.260. The van der Waals surface area contributed by atoms with Gasteiger partial charge in [-0.15, -0.1) is 0 Å². The van der Waals surface area contributed by atoms with Crippen LogP contribution in [0.4, 0.5) is 5.82 Å². The maximum Gasteiger partial charge on any atom is 0.223 e. The van der Waals surface area contributed by atoms with E-state index in [0.29, 0.717) is 32.0 Å². The van der Waals surface area contributed by atoms with E-state index in [1.165, 1.54) is 44.1 Å². The minimum absolute atomic E-state index is 0.260. The van der Waals surface area contributed by atoms with Gasteiger partial charge in [-0.3, -0.25) is 4.79 Å². The molecule has 0 bridgehead atoms. The predicted octanol–water partition coefficient (Wildman–Crippen LogP) is 4.70. The Morgan fingerprint density at radius 2 is 1.93 bits per heavy atom. The summed E-state index contributed by atoms with van der Waals surface area (Å²) in [6.45, 7) is 6.01. The van der Waals surface area contributed by atoms with Crippen molar-refractivity contribution < 1.29 is 9.53 Å². The molecular weight excluding hydrogens is 374 g/mol. The van der Waals surface area contributed by atoms with Crippen molar-refractivity contribution in [2.24, 2.45) is 5.92 Å². The quantitative estimate of drug-likeness (QED) is 0.634. The highest BCUT2D eigenvalue weighted by Gasteiger charge is 2.25. The van der Waals surface area contributed by atoms with E-state index in [1.807, 2.05) is 4.90 Å². The van der Waals surface area contributed by atoms with Crippen LogP contribution in [-0.4, -0.2) is 49.1 Å². The first kappa shape index (κ1) is 21.1. The van der Waals surface area contributed by atoms with E-state index < -0.39 is 0 Å². The Labute approximate surface area is 180 Å². The molecule has 2 fully saturated rings. The summed E-state index contributed by atoms with van der Waals surface area (Å²) in [6.07, 6.45) is 8.01. The summed E-state index contributed by atoms with van der Waals surface area (Å²) in [6, 6.07) is 8.69. The molecule has 2 aromatic rings. The van der Waals surface area contributed by atoms with E-state index in [1.54, 1.807) is 7.11 Å². The number of carbonyl (C=O) groups is 1. The van der Waals surface area contributed by atoms with Gasteiger partial charge in [0.1, 0.15) is 5.82 Å². The Kier molecular flexibility index (Phi) is 6.88. The number of aryl methyl sites for hydroxylation is 1. The third-order valence-electron chi connectivity index (χ3n) is 6.65. The Balaban J connectivity index is 1.63. The van der Waals surface area contributed by atoms with E-state index in [2.05, 4.69) is 36.1 Å². The van der Waals surface area contributed by atoms with Crippen molar-refractivity contribution in [2.75, 3.05) is 38.3 Å². The molecule has 0 atom stereocenters. The van der Waals surface area contributed by atoms with Crippen molar-refractivity contribution in [3.63, 3.8) is 0 Å². The van der Waals surface area contributed by atoms with Crippen LogP contribution in [0.2, 0.25) is 0 Å². The third-order valence-corrected chi connectivity index (χ3v) is 6.65. The van der Waals surface area contributed by atoms with E-state index >= 15 is 0 Å². The number of aromatic nitrogens is 1. The van der Waals surface area contributed by atoms with Gasteiger partial charge in [0.25, 0.3) is 0 Å². The summed E-state index contributed by atoms with van der Waals surface area (Å²) >= 11 is 0. The van der Waals surface area contributed by atoms with Gasteiger partial charge >= 0.3 is 0 Å². The molecule has 30 heavy (non-hydrogen) atoms. The molecule has 2 aliphatic rings. The standard InChI is InChI=1S/C25H35N3O2/c1-19-9-10-23-21(15-19)17-22(25(26-23)27-11-5-6-12-27)18-28(13-14-30-2)24(29)16-20-7-3-4-8-20/h9-10,15,17,20H,3-8,11-14,16,18H2,1-2H3. The van der Waals surface area contributed by atoms with Gasteiger partial charge in [0.05, 0.1) is 12.1 Å². The molecule has 1 saturated heterocycles. The number of nitrogens with zero attached hydrogens (tertiary/aromatic N) is 3. The van der Waals surface area contributed by atoms with Crippen molar-refractivity contribution >= 4 is 22.6 Å². The lowest BCUT2D eigenvalue weighted by Gasteiger charge is -2.27. The summed E-state index contributed by atoms with van der Waals surface area (Å²) < 4.78 is 5.33. The first-order valence-corrected chi connectivity index (χ1v) is 11.6. The first-order chi connectivity index (χ1) is 14.6. The summed E-state index contributed by atoms with van der Waals surface area (Å²) in [5.74, 6) is 1.87. The van der Waals surface area contributed by atoms with E-state index in [4.69, 9.17) is 9.72 Å². The summed E-state index contributed by atoms with van der Waals surface area (Å²) in [5.41, 5.74) is 3.43. The van der Waals surface area contributed by atoms with Crippen LogP contribution in [0.1, 0.15) is 56.1 Å². The van der Waals surface area contributed by atoms with Crippen molar-refractivity contribution in [2.45, 2.75) is 58.4 Å². The number of rotatable bonds is 8. The molecule has 1 aliphatic carbocycles. The number of anilines is 1.